The van der Waals surface area contributed by atoms with Gasteiger partial charge < -0.3 is 10.2 Å². The summed E-state index contributed by atoms with van der Waals surface area (Å²) in [5.41, 5.74) is 0.767. The van der Waals surface area contributed by atoms with Crippen LogP contribution in [0.3, 0.4) is 0 Å². The molecular formula is C29H32Cl2FN3O4S. The van der Waals surface area contributed by atoms with Crippen LogP contribution in [0.15, 0.2) is 72.8 Å². The Hall–Kier alpha value is -3.14. The van der Waals surface area contributed by atoms with E-state index in [1.165, 1.54) is 23.1 Å². The molecule has 1 N–H and O–H groups in total. The average Bonchev–Trinajstić information content (AvgIpc) is 2.85. The fraction of sp³-hybridized carbons (Fsp3) is 0.310. The van der Waals surface area contributed by atoms with E-state index in [0.29, 0.717) is 10.6 Å². The number of anilines is 1. The molecule has 3 aromatic carbocycles. The van der Waals surface area contributed by atoms with Gasteiger partial charge in [-0.3, -0.25) is 13.9 Å². The summed E-state index contributed by atoms with van der Waals surface area (Å²) in [7, 11) is -4.00. The molecule has 0 radical (unpaired) electrons. The molecule has 0 fully saturated rings. The minimum atomic E-state index is -4.00. The summed E-state index contributed by atoms with van der Waals surface area (Å²) in [6.07, 6.45) is 1.09. The van der Waals surface area contributed by atoms with Gasteiger partial charge in [0.25, 0.3) is 0 Å². The van der Waals surface area contributed by atoms with E-state index in [0.717, 1.165) is 22.2 Å². The molecule has 1 atom stereocenters. The lowest BCUT2D eigenvalue weighted by Crippen LogP contribution is -2.56. The average molecular weight is 609 g/mol. The number of hydrogen-bond acceptors (Lipinski definition) is 4. The second-order valence-corrected chi connectivity index (χ2v) is 13.2. The molecule has 0 saturated carbocycles. The smallest absolute Gasteiger partial charge is 0.244 e. The molecule has 11 heteroatoms. The summed E-state index contributed by atoms with van der Waals surface area (Å²) in [5, 5.41) is 3.53. The van der Waals surface area contributed by atoms with Crippen LogP contribution in [0.1, 0.15) is 31.9 Å². The molecule has 3 rings (SSSR count). The van der Waals surface area contributed by atoms with E-state index >= 15 is 0 Å². The Bertz CT molecular complexity index is 1460. The predicted octanol–water partition coefficient (Wildman–Crippen LogP) is 5.45. The van der Waals surface area contributed by atoms with Gasteiger partial charge in [0, 0.05) is 18.5 Å². The fourth-order valence-electron chi connectivity index (χ4n) is 4.09. The Kier molecular flexibility index (Phi) is 10.2. The molecule has 3 aromatic rings. The van der Waals surface area contributed by atoms with E-state index in [2.05, 4.69) is 5.32 Å². The van der Waals surface area contributed by atoms with Gasteiger partial charge in [-0.15, -0.1) is 0 Å². The van der Waals surface area contributed by atoms with Crippen LogP contribution in [0.5, 0.6) is 0 Å². The molecule has 0 heterocycles. The number of nitrogens with one attached hydrogen (secondary N) is 1. The second kappa shape index (κ2) is 13.0. The molecule has 0 aliphatic rings. The van der Waals surface area contributed by atoms with Crippen LogP contribution in [-0.4, -0.2) is 49.5 Å². The van der Waals surface area contributed by atoms with Crippen LogP contribution < -0.4 is 9.62 Å². The lowest BCUT2D eigenvalue weighted by molar-refractivity contribution is -0.140. The topological polar surface area (TPSA) is 86.8 Å². The molecule has 1 unspecified atom stereocenters. The molecular weight excluding hydrogens is 576 g/mol. The van der Waals surface area contributed by atoms with Crippen LogP contribution in [-0.2, 0) is 32.6 Å². The third kappa shape index (κ3) is 8.94. The summed E-state index contributed by atoms with van der Waals surface area (Å²) < 4.78 is 40.3. The van der Waals surface area contributed by atoms with Gasteiger partial charge in [0.15, 0.2) is 0 Å². The lowest BCUT2D eigenvalue weighted by Gasteiger charge is -2.35. The summed E-state index contributed by atoms with van der Waals surface area (Å²) >= 11 is 12.3. The Morgan fingerprint density at radius 3 is 2.17 bits per heavy atom. The van der Waals surface area contributed by atoms with Crippen molar-refractivity contribution in [3.8, 4) is 0 Å². The minimum absolute atomic E-state index is 0.0101. The van der Waals surface area contributed by atoms with Crippen molar-refractivity contribution >= 4 is 50.7 Å². The first-order valence-corrected chi connectivity index (χ1v) is 15.1. The largest absolute Gasteiger partial charge is 0.350 e. The third-order valence-corrected chi connectivity index (χ3v) is 7.76. The van der Waals surface area contributed by atoms with Gasteiger partial charge in [-0.05, 0) is 62.2 Å². The van der Waals surface area contributed by atoms with E-state index in [1.807, 2.05) is 51.1 Å². The Morgan fingerprint density at radius 1 is 0.925 bits per heavy atom. The number of halogens is 3. The van der Waals surface area contributed by atoms with Gasteiger partial charge >= 0.3 is 0 Å². The highest BCUT2D eigenvalue weighted by Gasteiger charge is 2.34. The van der Waals surface area contributed by atoms with Gasteiger partial charge in [0.2, 0.25) is 21.8 Å². The quantitative estimate of drug-likeness (QED) is 0.332. The maximum Gasteiger partial charge on any atom is 0.244 e. The maximum absolute atomic E-state index is 14.0. The van der Waals surface area contributed by atoms with Crippen molar-refractivity contribution in [2.24, 2.45) is 0 Å². The highest BCUT2D eigenvalue weighted by Crippen LogP contribution is 2.25. The predicted molar refractivity (Wildman–Crippen MR) is 157 cm³/mol. The zero-order chi connectivity index (χ0) is 29.7. The number of rotatable bonds is 10. The number of nitrogens with zero attached hydrogens (tertiary/aromatic N) is 2. The van der Waals surface area contributed by atoms with Gasteiger partial charge in [0.1, 0.15) is 18.4 Å². The van der Waals surface area contributed by atoms with E-state index in [4.69, 9.17) is 23.2 Å². The lowest BCUT2D eigenvalue weighted by atomic mass is 10.0. The van der Waals surface area contributed by atoms with Gasteiger partial charge in [-0.25, -0.2) is 12.8 Å². The van der Waals surface area contributed by atoms with Crippen LogP contribution >= 0.6 is 23.2 Å². The van der Waals surface area contributed by atoms with E-state index in [1.54, 1.807) is 18.2 Å². The molecule has 0 aromatic heterocycles. The van der Waals surface area contributed by atoms with Crippen molar-refractivity contribution in [2.75, 3.05) is 17.1 Å². The van der Waals surface area contributed by atoms with Crippen molar-refractivity contribution in [1.29, 1.82) is 0 Å². The van der Waals surface area contributed by atoms with Crippen LogP contribution in [0, 0.1) is 5.82 Å². The maximum atomic E-state index is 14.0. The molecule has 214 valence electrons. The van der Waals surface area contributed by atoms with E-state index in [9.17, 15) is 22.4 Å². The normalized spacial score (nSPS) is 12.5. The van der Waals surface area contributed by atoms with Gasteiger partial charge in [0.05, 0.1) is 22.0 Å². The van der Waals surface area contributed by atoms with Crippen molar-refractivity contribution in [3.05, 3.63) is 99.8 Å². The first kappa shape index (κ1) is 31.4. The highest BCUT2D eigenvalue weighted by molar-refractivity contribution is 7.92. The number of hydrogen-bond donors (Lipinski definition) is 1. The van der Waals surface area contributed by atoms with Crippen molar-refractivity contribution < 1.29 is 22.4 Å². The minimum Gasteiger partial charge on any atom is -0.350 e. The molecule has 0 spiro atoms. The SMILES string of the molecule is CC(C)(C)NC(=O)C(Cc1ccccc1)N(Cc1ccc(Cl)c(Cl)c1)C(=O)CN(c1cccc(F)c1)S(C)(=O)=O. The second-order valence-electron chi connectivity index (χ2n) is 10.5. The third-order valence-electron chi connectivity index (χ3n) is 5.88. The Labute approximate surface area is 244 Å². The summed E-state index contributed by atoms with van der Waals surface area (Å²) in [5.74, 6) is -1.73. The van der Waals surface area contributed by atoms with Crippen LogP contribution in [0.4, 0.5) is 10.1 Å². The van der Waals surface area contributed by atoms with E-state index in [-0.39, 0.29) is 23.7 Å². The molecule has 0 bridgehead atoms. The number of benzene rings is 3. The number of sulfonamides is 1. The number of carbonyl (C=O) groups excluding carboxylic acids is 2. The summed E-state index contributed by atoms with van der Waals surface area (Å²) in [4.78, 5) is 29.0. The Morgan fingerprint density at radius 2 is 1.60 bits per heavy atom. The van der Waals surface area contributed by atoms with Gasteiger partial charge in [-0.2, -0.15) is 0 Å². The van der Waals surface area contributed by atoms with Crippen LogP contribution in [0.25, 0.3) is 0 Å². The number of carbonyl (C=O) groups is 2. The fourth-order valence-corrected chi connectivity index (χ4v) is 5.25. The number of amides is 2. The zero-order valence-corrected chi connectivity index (χ0v) is 25.0. The molecule has 0 aliphatic heterocycles. The Balaban J connectivity index is 2.09. The van der Waals surface area contributed by atoms with Gasteiger partial charge in [-0.1, -0.05) is 65.7 Å². The molecule has 0 aliphatic carbocycles. The van der Waals surface area contributed by atoms with E-state index < -0.39 is 45.8 Å². The first-order valence-electron chi connectivity index (χ1n) is 12.5. The molecule has 0 saturated heterocycles. The highest BCUT2D eigenvalue weighted by atomic mass is 35.5. The monoisotopic (exact) mass is 607 g/mol. The van der Waals surface area contributed by atoms with Crippen molar-refractivity contribution in [1.82, 2.24) is 10.2 Å². The van der Waals surface area contributed by atoms with Crippen molar-refractivity contribution in [3.63, 3.8) is 0 Å². The molecule has 2 amide bonds. The first-order chi connectivity index (χ1) is 18.6. The van der Waals surface area contributed by atoms with Crippen molar-refractivity contribution in [2.45, 2.75) is 45.3 Å². The standard InChI is InChI=1S/C29H32Cl2FN3O4S/c1-29(2,3)33-28(37)26(16-20-9-6-5-7-10-20)34(18-21-13-14-24(30)25(31)15-21)27(36)19-35(40(4,38)39)23-12-8-11-22(32)17-23/h5-15,17,26H,16,18-19H2,1-4H3,(H,33,37). The van der Waals surface area contributed by atoms with Crippen LogP contribution in [0.2, 0.25) is 10.0 Å². The summed E-state index contributed by atoms with van der Waals surface area (Å²) in [6, 6.07) is 18.0. The molecule has 7 nitrogen and oxygen atoms in total. The molecule has 40 heavy (non-hydrogen) atoms. The zero-order valence-electron chi connectivity index (χ0n) is 22.7. The summed E-state index contributed by atoms with van der Waals surface area (Å²) in [6.45, 7) is 4.75.